The molecule has 1 aromatic carbocycles. The number of carboxylic acid groups (broad SMARTS) is 1. The van der Waals surface area contributed by atoms with Crippen molar-refractivity contribution in [2.75, 3.05) is 19.7 Å². The molecule has 2 aromatic heterocycles. The lowest BCUT2D eigenvalue weighted by molar-refractivity contribution is -0.122. The second kappa shape index (κ2) is 9.29. The van der Waals surface area contributed by atoms with Crippen molar-refractivity contribution in [3.8, 4) is 5.69 Å². The third-order valence-corrected chi connectivity index (χ3v) is 6.24. The summed E-state index contributed by atoms with van der Waals surface area (Å²) in [4.78, 5) is 48.1. The molecular weight excluding hydrogens is 428 g/mol. The minimum absolute atomic E-state index is 0.0202. The fourth-order valence-corrected chi connectivity index (χ4v) is 4.89. The van der Waals surface area contributed by atoms with E-state index in [9.17, 15) is 19.5 Å². The monoisotopic (exact) mass is 452 g/mol. The Bertz CT molecular complexity index is 1260. The number of aromatic amines is 1. The molecule has 4 heterocycles. The molecule has 0 saturated carbocycles. The quantitative estimate of drug-likeness (QED) is 0.503. The normalized spacial score (nSPS) is 20.9. The number of para-hydroxylation sites is 1. The molecule has 2 aliphatic heterocycles. The summed E-state index contributed by atoms with van der Waals surface area (Å²) in [6.07, 6.45) is 0.819. The number of piperidine rings is 1. The van der Waals surface area contributed by atoms with Crippen LogP contribution in [0.2, 0.25) is 0 Å². The van der Waals surface area contributed by atoms with Crippen molar-refractivity contribution in [3.05, 3.63) is 86.7 Å². The van der Waals surface area contributed by atoms with E-state index >= 15 is 0 Å². The maximum absolute atomic E-state index is 13.2. The van der Waals surface area contributed by atoms with Crippen LogP contribution in [0.5, 0.6) is 0 Å². The third kappa shape index (κ3) is 4.12. The number of aliphatic hydroxyl groups excluding tert-OH is 1. The molecule has 0 spiro atoms. The van der Waals surface area contributed by atoms with Gasteiger partial charge in [0.05, 0.1) is 18.3 Å². The van der Waals surface area contributed by atoms with Gasteiger partial charge in [-0.15, -0.1) is 0 Å². The largest absolute Gasteiger partial charge is 0.483 e. The number of hydrogen-bond donors (Lipinski definition) is 3. The predicted octanol–water partition coefficient (Wildman–Crippen LogP) is 0.821. The van der Waals surface area contributed by atoms with Gasteiger partial charge < -0.3 is 19.7 Å². The lowest BCUT2D eigenvalue weighted by Gasteiger charge is -2.46. The number of nitrogens with zero attached hydrogens (tertiary/aromatic N) is 3. The number of rotatable bonds is 3. The van der Waals surface area contributed by atoms with E-state index in [-0.39, 0.29) is 53.7 Å². The molecule has 3 N–H and O–H groups in total. The molecule has 1 fully saturated rings. The number of pyridine rings is 1. The van der Waals surface area contributed by atoms with Crippen LogP contribution in [-0.2, 0) is 4.79 Å². The molecule has 0 radical (unpaired) electrons. The zero-order valence-corrected chi connectivity index (χ0v) is 17.7. The van der Waals surface area contributed by atoms with Gasteiger partial charge in [0.1, 0.15) is 5.69 Å². The maximum atomic E-state index is 13.2. The summed E-state index contributed by atoms with van der Waals surface area (Å²) in [7, 11) is 0. The fourth-order valence-electron chi connectivity index (χ4n) is 4.89. The molecule has 172 valence electrons. The lowest BCUT2D eigenvalue weighted by Crippen LogP contribution is -2.51. The number of nitrogens with one attached hydrogen (secondary N) is 1. The highest BCUT2D eigenvalue weighted by Crippen LogP contribution is 2.41. The van der Waals surface area contributed by atoms with Gasteiger partial charge in [-0.25, -0.2) is 4.68 Å². The molecule has 1 amide bonds. The molecule has 2 aliphatic rings. The predicted molar refractivity (Wildman–Crippen MR) is 119 cm³/mol. The summed E-state index contributed by atoms with van der Waals surface area (Å²) in [6, 6.07) is 15.2. The van der Waals surface area contributed by atoms with Crippen LogP contribution in [-0.4, -0.2) is 61.5 Å². The van der Waals surface area contributed by atoms with E-state index in [4.69, 9.17) is 9.90 Å². The van der Waals surface area contributed by atoms with Crippen molar-refractivity contribution < 1.29 is 19.8 Å². The Morgan fingerprint density at radius 3 is 2.48 bits per heavy atom. The molecule has 3 atom stereocenters. The van der Waals surface area contributed by atoms with Crippen LogP contribution >= 0.6 is 0 Å². The van der Waals surface area contributed by atoms with Crippen molar-refractivity contribution in [2.24, 2.45) is 5.92 Å². The lowest BCUT2D eigenvalue weighted by atomic mass is 9.78. The molecule has 10 heteroatoms. The van der Waals surface area contributed by atoms with Crippen LogP contribution in [0.3, 0.4) is 0 Å². The number of fused-ring (bicyclic) bond motifs is 4. The summed E-state index contributed by atoms with van der Waals surface area (Å²) in [5.41, 5.74) is 1.32. The fraction of sp³-hybridized carbons (Fsp3) is 0.304. The number of aliphatic hydroxyl groups is 1. The van der Waals surface area contributed by atoms with Gasteiger partial charge in [0, 0.05) is 42.8 Å². The summed E-state index contributed by atoms with van der Waals surface area (Å²) in [6.45, 7) is 0.493. The minimum atomic E-state index is -0.353. The average molecular weight is 452 g/mol. The second-order valence-corrected chi connectivity index (χ2v) is 8.10. The van der Waals surface area contributed by atoms with Gasteiger partial charge in [-0.3, -0.25) is 24.3 Å². The molecule has 0 unspecified atom stereocenters. The van der Waals surface area contributed by atoms with Crippen LogP contribution in [0.1, 0.15) is 34.6 Å². The molecule has 0 aliphatic carbocycles. The first kappa shape index (κ1) is 22.3. The van der Waals surface area contributed by atoms with Gasteiger partial charge in [0.15, 0.2) is 0 Å². The van der Waals surface area contributed by atoms with Crippen molar-refractivity contribution in [2.45, 2.75) is 18.4 Å². The molecule has 33 heavy (non-hydrogen) atoms. The number of carbonyl (C=O) groups excluding carboxylic acids is 1. The number of H-pyrrole nitrogens is 1. The number of aromatic nitrogens is 3. The van der Waals surface area contributed by atoms with Gasteiger partial charge in [-0.2, -0.15) is 0 Å². The summed E-state index contributed by atoms with van der Waals surface area (Å²) < 4.78 is 3.04. The van der Waals surface area contributed by atoms with Gasteiger partial charge in [0.2, 0.25) is 0 Å². The Labute approximate surface area is 188 Å². The SMILES string of the molecule is O=C(c1cc(=O)n(-c2ccccc2)[nH]1)N1C[C@H]2C[C@@H](C1)[C@H](CO)n1c2cccc1=O.O=CO. The maximum Gasteiger partial charge on any atom is 0.290 e. The van der Waals surface area contributed by atoms with Crippen molar-refractivity contribution >= 4 is 12.4 Å². The van der Waals surface area contributed by atoms with E-state index in [0.717, 1.165) is 12.1 Å². The number of benzene rings is 1. The van der Waals surface area contributed by atoms with E-state index in [2.05, 4.69) is 5.10 Å². The van der Waals surface area contributed by atoms with Crippen LogP contribution in [0.4, 0.5) is 0 Å². The first-order chi connectivity index (χ1) is 16.0. The molecule has 2 bridgehead atoms. The Balaban J connectivity index is 0.000000821. The van der Waals surface area contributed by atoms with Gasteiger partial charge in [-0.1, -0.05) is 24.3 Å². The number of likely N-dealkylation sites (tertiary alicyclic amines) is 1. The Kier molecular flexibility index (Phi) is 6.27. The highest BCUT2D eigenvalue weighted by atomic mass is 16.3. The molecule has 5 rings (SSSR count). The standard InChI is InChI=1S/C22H22N4O4.CH2O2/c27-13-19-15-9-14(18-7-4-8-20(28)25(18)19)11-24(12-15)22(30)17-10-21(29)26(23-17)16-5-2-1-3-6-16;2-1-3/h1-8,10,14-15,19,23,27H,9,11-13H2;1H,(H,2,3)/t14-,15+,19+;/m1./s1. The number of hydrogen-bond acceptors (Lipinski definition) is 5. The summed E-state index contributed by atoms with van der Waals surface area (Å²) >= 11 is 0. The zero-order chi connectivity index (χ0) is 23.5. The van der Waals surface area contributed by atoms with Crippen molar-refractivity contribution in [3.63, 3.8) is 0 Å². The van der Waals surface area contributed by atoms with E-state index in [1.54, 1.807) is 27.7 Å². The van der Waals surface area contributed by atoms with Gasteiger partial charge >= 0.3 is 0 Å². The molecule has 1 saturated heterocycles. The van der Waals surface area contributed by atoms with Crippen LogP contribution < -0.4 is 11.1 Å². The number of carbonyl (C=O) groups is 2. The first-order valence-electron chi connectivity index (χ1n) is 10.6. The summed E-state index contributed by atoms with van der Waals surface area (Å²) in [5.74, 6) is -0.250. The highest BCUT2D eigenvalue weighted by Gasteiger charge is 2.41. The zero-order valence-electron chi connectivity index (χ0n) is 17.7. The van der Waals surface area contributed by atoms with E-state index in [1.807, 2.05) is 24.3 Å². The van der Waals surface area contributed by atoms with E-state index in [0.29, 0.717) is 18.8 Å². The second-order valence-electron chi connectivity index (χ2n) is 8.10. The van der Waals surface area contributed by atoms with E-state index < -0.39 is 0 Å². The Hall–Kier alpha value is -3.92. The Morgan fingerprint density at radius 1 is 1.06 bits per heavy atom. The average Bonchev–Trinajstić information content (AvgIpc) is 3.22. The topological polar surface area (TPSA) is 138 Å². The van der Waals surface area contributed by atoms with Crippen molar-refractivity contribution in [1.29, 1.82) is 0 Å². The van der Waals surface area contributed by atoms with Gasteiger partial charge in [0.25, 0.3) is 23.5 Å². The first-order valence-corrected chi connectivity index (χ1v) is 10.6. The van der Waals surface area contributed by atoms with Crippen LogP contribution in [0, 0.1) is 5.92 Å². The van der Waals surface area contributed by atoms with Crippen molar-refractivity contribution in [1.82, 2.24) is 19.2 Å². The Morgan fingerprint density at radius 2 is 1.79 bits per heavy atom. The third-order valence-electron chi connectivity index (χ3n) is 6.24. The van der Waals surface area contributed by atoms with Gasteiger partial charge in [-0.05, 0) is 24.6 Å². The molecule has 10 nitrogen and oxygen atoms in total. The number of amides is 1. The minimum Gasteiger partial charge on any atom is -0.483 e. The van der Waals surface area contributed by atoms with Crippen LogP contribution in [0.25, 0.3) is 5.69 Å². The smallest absolute Gasteiger partial charge is 0.290 e. The molecular formula is C23H24N4O6. The van der Waals surface area contributed by atoms with Crippen LogP contribution in [0.15, 0.2) is 64.2 Å². The molecule has 3 aromatic rings. The summed E-state index contributed by atoms with van der Waals surface area (Å²) in [5, 5.41) is 19.8. The highest BCUT2D eigenvalue weighted by molar-refractivity contribution is 5.92. The van der Waals surface area contributed by atoms with E-state index in [1.165, 1.54) is 16.8 Å².